The Morgan fingerprint density at radius 2 is 2.10 bits per heavy atom. The molecule has 0 aliphatic heterocycles. The van der Waals surface area contributed by atoms with Crippen LogP contribution < -0.4 is 5.32 Å². The van der Waals surface area contributed by atoms with Crippen LogP contribution in [0, 0.1) is 0 Å². The molecule has 0 bridgehead atoms. The number of phenols is 1. The van der Waals surface area contributed by atoms with Crippen molar-refractivity contribution in [2.24, 2.45) is 0 Å². The van der Waals surface area contributed by atoms with Crippen molar-refractivity contribution in [3.05, 3.63) is 28.8 Å². The molecule has 0 heterocycles. The molecule has 0 amide bonds. The predicted molar refractivity (Wildman–Crippen MR) is 81.5 cm³/mol. The van der Waals surface area contributed by atoms with Gasteiger partial charge in [0.05, 0.1) is 11.3 Å². The number of rotatable bonds is 8. The maximum Gasteiger partial charge on any atom is 0.211 e. The molecular weight excluding hydrogens is 300 g/mol. The zero-order valence-electron chi connectivity index (χ0n) is 11.8. The monoisotopic (exact) mass is 320 g/mol. The zero-order chi connectivity index (χ0) is 15.2. The van der Waals surface area contributed by atoms with E-state index in [2.05, 4.69) is 5.32 Å². The number of halogens is 1. The van der Waals surface area contributed by atoms with Gasteiger partial charge in [0.1, 0.15) is 5.75 Å². The third-order valence-corrected chi connectivity index (χ3v) is 4.61. The minimum atomic E-state index is -3.10. The topological polar surface area (TPSA) is 69.6 Å². The summed E-state index contributed by atoms with van der Waals surface area (Å²) >= 11 is 5.81. The molecule has 1 aromatic carbocycles. The van der Waals surface area contributed by atoms with Gasteiger partial charge in [-0.15, -0.1) is 0 Å². The molecule has 0 saturated carbocycles. The minimum Gasteiger partial charge on any atom is -0.506 e. The van der Waals surface area contributed by atoms with Crippen LogP contribution >= 0.6 is 11.6 Å². The average molecular weight is 321 g/mol. The molecule has 0 aromatic heterocycles. The van der Waals surface area contributed by atoms with Gasteiger partial charge in [-0.1, -0.05) is 24.6 Å². The quantitative estimate of drug-likeness (QED) is 0.717. The average Bonchev–Trinajstić information content (AvgIpc) is 2.36. The van der Waals surface area contributed by atoms with E-state index < -0.39 is 10.0 Å². The Morgan fingerprint density at radius 1 is 1.40 bits per heavy atom. The Morgan fingerprint density at radius 3 is 2.65 bits per heavy atom. The number of sulfonamides is 1. The largest absolute Gasteiger partial charge is 0.506 e. The Hall–Kier alpha value is -0.820. The lowest BCUT2D eigenvalue weighted by Gasteiger charge is -2.17. The highest BCUT2D eigenvalue weighted by Gasteiger charge is 2.12. The van der Waals surface area contributed by atoms with Crippen LogP contribution in [-0.4, -0.2) is 43.7 Å². The first-order valence-corrected chi connectivity index (χ1v) is 8.70. The minimum absolute atomic E-state index is 0.0714. The van der Waals surface area contributed by atoms with E-state index in [1.807, 2.05) is 6.92 Å². The Bertz CT molecular complexity index is 534. The third-order valence-electron chi connectivity index (χ3n) is 2.92. The van der Waals surface area contributed by atoms with Crippen LogP contribution in [0.1, 0.15) is 18.9 Å². The molecule has 20 heavy (non-hydrogen) atoms. The molecule has 0 aliphatic rings. The lowest BCUT2D eigenvalue weighted by Crippen LogP contribution is -2.32. The van der Waals surface area contributed by atoms with Crippen molar-refractivity contribution in [1.82, 2.24) is 9.62 Å². The molecule has 2 N–H and O–H groups in total. The third kappa shape index (κ3) is 5.66. The lowest BCUT2D eigenvalue weighted by molar-refractivity contribution is 0.419. The standard InChI is InChI=1S/C13H21ClN2O3S/c1-3-16(20(2,18)19)8-4-7-15-10-11-5-6-13(17)12(14)9-11/h5-6,9,15,17H,3-4,7-8,10H2,1-2H3. The number of phenolic OH excluding ortho intramolecular Hbond substituents is 1. The van der Waals surface area contributed by atoms with Gasteiger partial charge in [0.25, 0.3) is 0 Å². The fourth-order valence-corrected chi connectivity index (χ4v) is 2.96. The molecule has 0 saturated heterocycles. The van der Waals surface area contributed by atoms with E-state index in [0.29, 0.717) is 31.2 Å². The number of hydrogen-bond donors (Lipinski definition) is 2. The van der Waals surface area contributed by atoms with Crippen LogP contribution in [0.25, 0.3) is 0 Å². The number of nitrogens with one attached hydrogen (secondary N) is 1. The molecule has 5 nitrogen and oxygen atoms in total. The van der Waals surface area contributed by atoms with Crippen LogP contribution in [0.15, 0.2) is 18.2 Å². The van der Waals surface area contributed by atoms with Gasteiger partial charge in [0.15, 0.2) is 0 Å². The highest BCUT2D eigenvalue weighted by atomic mass is 35.5. The second-order valence-corrected chi connectivity index (χ2v) is 6.96. The zero-order valence-corrected chi connectivity index (χ0v) is 13.3. The van der Waals surface area contributed by atoms with Crippen LogP contribution in [0.2, 0.25) is 5.02 Å². The Labute approximate surface area is 125 Å². The van der Waals surface area contributed by atoms with Gasteiger partial charge >= 0.3 is 0 Å². The first-order valence-electron chi connectivity index (χ1n) is 6.48. The maximum atomic E-state index is 11.4. The SMILES string of the molecule is CCN(CCCNCc1ccc(O)c(Cl)c1)S(C)(=O)=O. The van der Waals surface area contributed by atoms with Crippen molar-refractivity contribution in [3.63, 3.8) is 0 Å². The van der Waals surface area contributed by atoms with Crippen LogP contribution in [0.3, 0.4) is 0 Å². The molecule has 0 spiro atoms. The van der Waals surface area contributed by atoms with E-state index in [4.69, 9.17) is 11.6 Å². The smallest absolute Gasteiger partial charge is 0.211 e. The molecule has 0 fully saturated rings. The van der Waals surface area contributed by atoms with Gasteiger partial charge in [-0.3, -0.25) is 0 Å². The van der Waals surface area contributed by atoms with Crippen molar-refractivity contribution < 1.29 is 13.5 Å². The van der Waals surface area contributed by atoms with E-state index in [1.54, 1.807) is 18.2 Å². The van der Waals surface area contributed by atoms with Crippen LogP contribution in [0.4, 0.5) is 0 Å². The first kappa shape index (κ1) is 17.2. The number of nitrogens with zero attached hydrogens (tertiary/aromatic N) is 1. The summed E-state index contributed by atoms with van der Waals surface area (Å²) in [6.45, 7) is 4.17. The molecule has 0 radical (unpaired) electrons. The van der Waals surface area contributed by atoms with Gasteiger partial charge < -0.3 is 10.4 Å². The predicted octanol–water partition coefficient (Wildman–Crippen LogP) is 1.81. The van der Waals surface area contributed by atoms with E-state index in [1.165, 1.54) is 10.6 Å². The summed E-state index contributed by atoms with van der Waals surface area (Å²) in [6, 6.07) is 5.06. The number of hydrogen-bond acceptors (Lipinski definition) is 4. The molecule has 0 aliphatic carbocycles. The fraction of sp³-hybridized carbons (Fsp3) is 0.538. The molecule has 0 atom stereocenters. The van der Waals surface area contributed by atoms with Gasteiger partial charge in [0.2, 0.25) is 10.0 Å². The van der Waals surface area contributed by atoms with Crippen molar-refractivity contribution >= 4 is 21.6 Å². The van der Waals surface area contributed by atoms with Crippen LogP contribution in [-0.2, 0) is 16.6 Å². The van der Waals surface area contributed by atoms with Crippen molar-refractivity contribution in [1.29, 1.82) is 0 Å². The normalized spacial score (nSPS) is 12.0. The second-order valence-electron chi connectivity index (χ2n) is 4.57. The van der Waals surface area contributed by atoms with Gasteiger partial charge in [-0.25, -0.2) is 12.7 Å². The summed E-state index contributed by atoms with van der Waals surface area (Å²) in [5.41, 5.74) is 0.975. The molecule has 1 rings (SSSR count). The summed E-state index contributed by atoms with van der Waals surface area (Å²) < 4.78 is 24.2. The van der Waals surface area contributed by atoms with Crippen molar-refractivity contribution in [2.75, 3.05) is 25.9 Å². The summed E-state index contributed by atoms with van der Waals surface area (Å²) in [5.74, 6) is 0.0714. The van der Waals surface area contributed by atoms with Gasteiger partial charge in [-0.2, -0.15) is 0 Å². The Kier molecular flexibility index (Phi) is 6.75. The van der Waals surface area contributed by atoms with E-state index in [9.17, 15) is 13.5 Å². The van der Waals surface area contributed by atoms with Crippen molar-refractivity contribution in [2.45, 2.75) is 19.9 Å². The summed E-state index contributed by atoms with van der Waals surface area (Å²) in [5, 5.41) is 12.9. The number of benzene rings is 1. The first-order chi connectivity index (χ1) is 9.34. The molecular formula is C13H21ClN2O3S. The van der Waals surface area contributed by atoms with E-state index in [-0.39, 0.29) is 5.75 Å². The summed E-state index contributed by atoms with van der Waals surface area (Å²) in [6.07, 6.45) is 1.97. The van der Waals surface area contributed by atoms with Gasteiger partial charge in [-0.05, 0) is 30.7 Å². The fourth-order valence-electron chi connectivity index (χ4n) is 1.83. The highest BCUT2D eigenvalue weighted by molar-refractivity contribution is 7.88. The van der Waals surface area contributed by atoms with Crippen molar-refractivity contribution in [3.8, 4) is 5.75 Å². The number of aromatic hydroxyl groups is 1. The lowest BCUT2D eigenvalue weighted by atomic mass is 10.2. The van der Waals surface area contributed by atoms with E-state index in [0.717, 1.165) is 12.0 Å². The molecule has 0 unspecified atom stereocenters. The van der Waals surface area contributed by atoms with Gasteiger partial charge in [0, 0.05) is 19.6 Å². The highest BCUT2D eigenvalue weighted by Crippen LogP contribution is 2.23. The summed E-state index contributed by atoms with van der Waals surface area (Å²) in [7, 11) is -3.10. The Balaban J connectivity index is 2.30. The second kappa shape index (κ2) is 7.83. The molecule has 1 aromatic rings. The molecule has 7 heteroatoms. The van der Waals surface area contributed by atoms with E-state index >= 15 is 0 Å². The maximum absolute atomic E-state index is 11.4. The van der Waals surface area contributed by atoms with Crippen LogP contribution in [0.5, 0.6) is 5.75 Å². The molecule has 114 valence electrons. The summed E-state index contributed by atoms with van der Waals surface area (Å²) in [4.78, 5) is 0.